The van der Waals surface area contributed by atoms with Crippen molar-refractivity contribution in [3.63, 3.8) is 0 Å². The van der Waals surface area contributed by atoms with Crippen LogP contribution in [0.3, 0.4) is 0 Å². The van der Waals surface area contributed by atoms with E-state index in [1.807, 2.05) is 13.8 Å². The topological polar surface area (TPSA) is 69.6 Å². The van der Waals surface area contributed by atoms with Crippen LogP contribution in [0.5, 0.6) is 0 Å². The fourth-order valence-electron chi connectivity index (χ4n) is 3.31. The first kappa shape index (κ1) is 19.4. The summed E-state index contributed by atoms with van der Waals surface area (Å²) < 4.78 is 27.3. The minimum absolute atomic E-state index is 0.0329. The van der Waals surface area contributed by atoms with E-state index in [4.69, 9.17) is 0 Å². The van der Waals surface area contributed by atoms with Crippen LogP contribution >= 0.6 is 0 Å². The maximum absolute atomic E-state index is 12.4. The molecule has 0 amide bonds. The van der Waals surface area contributed by atoms with Gasteiger partial charge in [0.15, 0.2) is 0 Å². The molecule has 1 aromatic rings. The van der Waals surface area contributed by atoms with Crippen molar-refractivity contribution in [3.8, 4) is 0 Å². The zero-order chi connectivity index (χ0) is 17.9. The summed E-state index contributed by atoms with van der Waals surface area (Å²) in [4.78, 5) is 2.52. The van der Waals surface area contributed by atoms with Gasteiger partial charge in [-0.2, -0.15) is 0 Å². The molecular formula is C18H30N2O3S. The van der Waals surface area contributed by atoms with Crippen molar-refractivity contribution < 1.29 is 13.5 Å². The number of β-amino-alcohol motifs (C(OH)–C–C–N with tert-alkyl or cyclic N) is 1. The largest absolute Gasteiger partial charge is 0.390 e. The van der Waals surface area contributed by atoms with E-state index in [9.17, 15) is 13.5 Å². The predicted octanol–water partition coefficient (Wildman–Crippen LogP) is 2.21. The minimum Gasteiger partial charge on any atom is -0.390 e. The molecule has 1 aliphatic rings. The normalized spacial score (nSPS) is 24.0. The zero-order valence-electron chi connectivity index (χ0n) is 15.1. The number of sulfonamides is 1. The Labute approximate surface area is 146 Å². The second-order valence-corrected chi connectivity index (χ2v) is 8.84. The van der Waals surface area contributed by atoms with Gasteiger partial charge in [0, 0.05) is 25.2 Å². The third kappa shape index (κ3) is 4.79. The number of rotatable bonds is 6. The summed E-state index contributed by atoms with van der Waals surface area (Å²) in [5.41, 5.74) is 2.00. The highest BCUT2D eigenvalue weighted by Crippen LogP contribution is 2.22. The van der Waals surface area contributed by atoms with Crippen LogP contribution in [-0.2, 0) is 10.0 Å². The Bertz CT molecular complexity index is 650. The quantitative estimate of drug-likeness (QED) is 0.822. The van der Waals surface area contributed by atoms with E-state index in [-0.39, 0.29) is 11.4 Å². The molecule has 0 aromatic heterocycles. The molecule has 1 heterocycles. The lowest BCUT2D eigenvalue weighted by molar-refractivity contribution is 0.0438. The van der Waals surface area contributed by atoms with Gasteiger partial charge in [-0.1, -0.05) is 12.5 Å². The highest BCUT2D eigenvalue weighted by atomic mass is 32.2. The van der Waals surface area contributed by atoms with Gasteiger partial charge in [0.2, 0.25) is 10.0 Å². The molecule has 0 spiro atoms. The number of likely N-dealkylation sites (tertiary alicyclic amines) is 1. The fourth-order valence-corrected chi connectivity index (χ4v) is 4.47. The molecule has 2 N–H and O–H groups in total. The highest BCUT2D eigenvalue weighted by Gasteiger charge is 2.27. The van der Waals surface area contributed by atoms with Gasteiger partial charge in [0.25, 0.3) is 0 Å². The number of aliphatic hydroxyl groups is 1. The number of hydrogen-bond donors (Lipinski definition) is 2. The zero-order valence-corrected chi connectivity index (χ0v) is 15.9. The van der Waals surface area contributed by atoms with E-state index in [0.717, 1.165) is 24.0 Å². The lowest BCUT2D eigenvalue weighted by atomic mass is 9.97. The fraction of sp³-hybridized carbons (Fsp3) is 0.667. The summed E-state index contributed by atoms with van der Waals surface area (Å²) in [7, 11) is -3.59. The van der Waals surface area contributed by atoms with Crippen molar-refractivity contribution in [2.75, 3.05) is 13.1 Å². The summed E-state index contributed by atoms with van der Waals surface area (Å²) in [5, 5.41) is 10.3. The van der Waals surface area contributed by atoms with E-state index >= 15 is 0 Å². The summed E-state index contributed by atoms with van der Waals surface area (Å²) in [6.45, 7) is 8.71. The average molecular weight is 355 g/mol. The smallest absolute Gasteiger partial charge is 0.240 e. The Morgan fingerprint density at radius 1 is 1.21 bits per heavy atom. The van der Waals surface area contributed by atoms with E-state index in [2.05, 4.69) is 23.5 Å². The first-order valence-electron chi connectivity index (χ1n) is 8.71. The van der Waals surface area contributed by atoms with Gasteiger partial charge in [-0.25, -0.2) is 13.1 Å². The summed E-state index contributed by atoms with van der Waals surface area (Å²) in [6.07, 6.45) is 2.76. The van der Waals surface area contributed by atoms with Crippen LogP contribution in [0.25, 0.3) is 0 Å². The Morgan fingerprint density at radius 2 is 1.83 bits per heavy atom. The van der Waals surface area contributed by atoms with Crippen LogP contribution in [0.1, 0.15) is 44.2 Å². The molecule has 0 aliphatic carbocycles. The molecule has 3 atom stereocenters. The third-order valence-electron chi connectivity index (χ3n) is 5.10. The predicted molar refractivity (Wildman–Crippen MR) is 96.6 cm³/mol. The van der Waals surface area contributed by atoms with Crippen molar-refractivity contribution in [2.24, 2.45) is 0 Å². The number of nitrogens with zero attached hydrogens (tertiary/aromatic N) is 1. The standard InChI is InChI=1S/C18H30N2O3S/c1-13-8-9-18(10-14(13)2)24(22,23)19-11-17(21)12-20-15(3)6-5-7-16(20)4/h8-10,15-17,19,21H,5-7,11-12H2,1-4H3/t15-,16+,17-/m1/s1. The van der Waals surface area contributed by atoms with Crippen molar-refractivity contribution >= 4 is 10.0 Å². The van der Waals surface area contributed by atoms with Gasteiger partial charge in [-0.15, -0.1) is 0 Å². The first-order valence-corrected chi connectivity index (χ1v) is 10.2. The van der Waals surface area contributed by atoms with Crippen molar-refractivity contribution in [3.05, 3.63) is 29.3 Å². The van der Waals surface area contributed by atoms with Gasteiger partial charge >= 0.3 is 0 Å². The molecule has 6 heteroatoms. The lowest BCUT2D eigenvalue weighted by Gasteiger charge is -2.40. The number of piperidine rings is 1. The third-order valence-corrected chi connectivity index (χ3v) is 6.52. The Morgan fingerprint density at radius 3 is 2.42 bits per heavy atom. The molecular weight excluding hydrogens is 324 g/mol. The summed E-state index contributed by atoms with van der Waals surface area (Å²) >= 11 is 0. The summed E-state index contributed by atoms with van der Waals surface area (Å²) in [5.74, 6) is 0. The van der Waals surface area contributed by atoms with Crippen LogP contribution < -0.4 is 4.72 Å². The van der Waals surface area contributed by atoms with Gasteiger partial charge in [0.1, 0.15) is 0 Å². The second kappa shape index (κ2) is 7.95. The Balaban J connectivity index is 1.94. The molecule has 1 fully saturated rings. The van der Waals surface area contributed by atoms with Crippen LogP contribution in [0.2, 0.25) is 0 Å². The van der Waals surface area contributed by atoms with Gasteiger partial charge < -0.3 is 5.11 Å². The van der Waals surface area contributed by atoms with E-state index in [1.54, 1.807) is 18.2 Å². The van der Waals surface area contributed by atoms with Crippen LogP contribution in [0.15, 0.2) is 23.1 Å². The summed E-state index contributed by atoms with van der Waals surface area (Å²) in [6, 6.07) is 5.93. The number of aryl methyl sites for hydroxylation is 2. The molecule has 5 nitrogen and oxygen atoms in total. The molecule has 1 aromatic carbocycles. The van der Waals surface area contributed by atoms with Gasteiger partial charge in [-0.3, -0.25) is 4.90 Å². The number of nitrogens with one attached hydrogen (secondary N) is 1. The van der Waals surface area contributed by atoms with E-state index in [1.165, 1.54) is 6.42 Å². The molecule has 136 valence electrons. The van der Waals surface area contributed by atoms with E-state index < -0.39 is 16.1 Å². The lowest BCUT2D eigenvalue weighted by Crippen LogP contribution is -2.49. The number of aliphatic hydroxyl groups excluding tert-OH is 1. The molecule has 24 heavy (non-hydrogen) atoms. The molecule has 1 saturated heterocycles. The second-order valence-electron chi connectivity index (χ2n) is 7.08. The van der Waals surface area contributed by atoms with Gasteiger partial charge in [-0.05, 0) is 63.8 Å². The van der Waals surface area contributed by atoms with Crippen LogP contribution in [-0.4, -0.2) is 49.7 Å². The molecule has 0 saturated carbocycles. The monoisotopic (exact) mass is 354 g/mol. The van der Waals surface area contributed by atoms with E-state index in [0.29, 0.717) is 18.6 Å². The molecule has 2 rings (SSSR count). The highest BCUT2D eigenvalue weighted by molar-refractivity contribution is 7.89. The van der Waals surface area contributed by atoms with Crippen LogP contribution in [0.4, 0.5) is 0 Å². The number of benzene rings is 1. The van der Waals surface area contributed by atoms with Crippen molar-refractivity contribution in [1.29, 1.82) is 0 Å². The van der Waals surface area contributed by atoms with Crippen molar-refractivity contribution in [1.82, 2.24) is 9.62 Å². The average Bonchev–Trinajstić information content (AvgIpc) is 2.52. The minimum atomic E-state index is -3.59. The maximum Gasteiger partial charge on any atom is 0.240 e. The Kier molecular flexibility index (Phi) is 6.42. The van der Waals surface area contributed by atoms with Crippen molar-refractivity contribution in [2.45, 2.75) is 70.0 Å². The Hall–Kier alpha value is -0.950. The maximum atomic E-state index is 12.4. The van der Waals surface area contributed by atoms with Crippen LogP contribution in [0, 0.1) is 13.8 Å². The molecule has 0 unspecified atom stereocenters. The molecule has 0 bridgehead atoms. The van der Waals surface area contributed by atoms with Gasteiger partial charge in [0.05, 0.1) is 11.0 Å². The molecule has 0 radical (unpaired) electrons. The SMILES string of the molecule is Cc1ccc(S(=O)(=O)NC[C@@H](O)CN2[C@H](C)CCC[C@@H]2C)cc1C. The molecule has 1 aliphatic heterocycles. The first-order chi connectivity index (χ1) is 11.2. The number of hydrogen-bond acceptors (Lipinski definition) is 4.